The van der Waals surface area contributed by atoms with Gasteiger partial charge in [-0.25, -0.2) is 0 Å². The maximum atomic E-state index is 2.47. The fourth-order valence-electron chi connectivity index (χ4n) is 2.81. The number of hydrogen-bond donors (Lipinski definition) is 0. The molecule has 20 heavy (non-hydrogen) atoms. The van der Waals surface area contributed by atoms with E-state index >= 15 is 0 Å². The van der Waals surface area contributed by atoms with Crippen LogP contribution >= 0.6 is 0 Å². The fourth-order valence-corrected chi connectivity index (χ4v) is 5.75. The molecule has 0 aliphatic rings. The van der Waals surface area contributed by atoms with E-state index in [0.29, 0.717) is 0 Å². The standard InChI is InChI=1S/C18H28Si2/c1-19(2,3)13-17-11-15-9-7-8-10-16(15)12-18(17)14-20(4,5)6/h7-12H,13-14H2,1-6H3. The summed E-state index contributed by atoms with van der Waals surface area (Å²) in [6.07, 6.45) is 0. The monoisotopic (exact) mass is 300 g/mol. The quantitative estimate of drug-likeness (QED) is 0.637. The first-order valence-corrected chi connectivity index (χ1v) is 15.1. The Balaban J connectivity index is 2.52. The van der Waals surface area contributed by atoms with Gasteiger partial charge in [0, 0.05) is 16.1 Å². The number of hydrogen-bond acceptors (Lipinski definition) is 0. The summed E-state index contributed by atoms with van der Waals surface area (Å²) in [6.45, 7) is 14.8. The van der Waals surface area contributed by atoms with Crippen molar-refractivity contribution in [2.75, 3.05) is 0 Å². The molecule has 0 fully saturated rings. The van der Waals surface area contributed by atoms with Crippen LogP contribution in [-0.4, -0.2) is 16.1 Å². The average Bonchev–Trinajstić information content (AvgIpc) is 2.26. The van der Waals surface area contributed by atoms with Gasteiger partial charge in [0.1, 0.15) is 0 Å². The maximum Gasteiger partial charge on any atom is 0.0487 e. The summed E-state index contributed by atoms with van der Waals surface area (Å²) in [5.74, 6) is 0. The third-order valence-electron chi connectivity index (χ3n) is 3.51. The molecule has 2 aromatic carbocycles. The lowest BCUT2D eigenvalue weighted by atomic mass is 10.0. The van der Waals surface area contributed by atoms with Crippen molar-refractivity contribution >= 4 is 26.9 Å². The molecule has 0 atom stereocenters. The van der Waals surface area contributed by atoms with Crippen LogP contribution in [0.15, 0.2) is 36.4 Å². The molecule has 2 heteroatoms. The van der Waals surface area contributed by atoms with Crippen LogP contribution in [0.4, 0.5) is 0 Å². The second-order valence-electron chi connectivity index (χ2n) is 8.44. The number of benzene rings is 2. The Hall–Kier alpha value is -0.866. The molecule has 0 saturated carbocycles. The first-order chi connectivity index (χ1) is 9.14. The van der Waals surface area contributed by atoms with Gasteiger partial charge in [0.25, 0.3) is 0 Å². The molecule has 0 saturated heterocycles. The summed E-state index contributed by atoms with van der Waals surface area (Å²) >= 11 is 0. The van der Waals surface area contributed by atoms with Gasteiger partial charge in [-0.05, 0) is 34.0 Å². The van der Waals surface area contributed by atoms with Gasteiger partial charge in [-0.15, -0.1) is 0 Å². The Kier molecular flexibility index (Phi) is 4.26. The predicted octanol–water partition coefficient (Wildman–Crippen LogP) is 5.68. The zero-order valence-corrected chi connectivity index (χ0v) is 15.9. The SMILES string of the molecule is C[Si](C)(C)Cc1cc2ccccc2cc1C[Si](C)(C)C. The largest absolute Gasteiger partial charge is 0.0693 e. The molecule has 0 spiro atoms. The minimum atomic E-state index is -1.08. The molecule has 0 aromatic heterocycles. The van der Waals surface area contributed by atoms with E-state index in [2.05, 4.69) is 75.7 Å². The van der Waals surface area contributed by atoms with Crippen LogP contribution in [0.5, 0.6) is 0 Å². The van der Waals surface area contributed by atoms with Crippen molar-refractivity contribution in [2.45, 2.75) is 51.4 Å². The lowest BCUT2D eigenvalue weighted by Gasteiger charge is -2.23. The lowest BCUT2D eigenvalue weighted by molar-refractivity contribution is 1.20. The first-order valence-electron chi connectivity index (χ1n) is 7.65. The van der Waals surface area contributed by atoms with Crippen LogP contribution < -0.4 is 0 Å². The van der Waals surface area contributed by atoms with E-state index in [9.17, 15) is 0 Å². The summed E-state index contributed by atoms with van der Waals surface area (Å²) in [6, 6.07) is 16.3. The van der Waals surface area contributed by atoms with Crippen LogP contribution in [0.25, 0.3) is 10.8 Å². The van der Waals surface area contributed by atoms with E-state index in [1.165, 1.54) is 22.9 Å². The van der Waals surface area contributed by atoms with Crippen LogP contribution in [-0.2, 0) is 12.1 Å². The van der Waals surface area contributed by atoms with Crippen LogP contribution in [0.2, 0.25) is 39.3 Å². The van der Waals surface area contributed by atoms with E-state index in [4.69, 9.17) is 0 Å². The van der Waals surface area contributed by atoms with Gasteiger partial charge < -0.3 is 0 Å². The van der Waals surface area contributed by atoms with E-state index in [-0.39, 0.29) is 0 Å². The third-order valence-corrected chi connectivity index (χ3v) is 6.39. The topological polar surface area (TPSA) is 0 Å². The predicted molar refractivity (Wildman–Crippen MR) is 98.0 cm³/mol. The molecule has 0 amide bonds. The van der Waals surface area contributed by atoms with Gasteiger partial charge >= 0.3 is 0 Å². The molecule has 0 radical (unpaired) electrons. The maximum absolute atomic E-state index is 2.47. The third kappa shape index (κ3) is 4.32. The molecule has 0 N–H and O–H groups in total. The highest BCUT2D eigenvalue weighted by molar-refractivity contribution is 6.76. The molecular formula is C18H28Si2. The van der Waals surface area contributed by atoms with Gasteiger partial charge in [0.05, 0.1) is 0 Å². The van der Waals surface area contributed by atoms with Crippen LogP contribution in [0, 0.1) is 0 Å². The van der Waals surface area contributed by atoms with E-state index in [1.807, 2.05) is 0 Å². The summed E-state index contributed by atoms with van der Waals surface area (Å²) in [5, 5.41) is 2.81. The van der Waals surface area contributed by atoms with Crippen molar-refractivity contribution in [3.8, 4) is 0 Å². The average molecular weight is 301 g/mol. The Bertz CT molecular complexity index is 546. The Morgan fingerprint density at radius 2 is 1.00 bits per heavy atom. The molecule has 0 aliphatic carbocycles. The minimum Gasteiger partial charge on any atom is -0.0693 e. The Labute approximate surface area is 126 Å². The van der Waals surface area contributed by atoms with Gasteiger partial charge in [0.2, 0.25) is 0 Å². The van der Waals surface area contributed by atoms with E-state index < -0.39 is 16.1 Å². The molecule has 0 nitrogen and oxygen atoms in total. The summed E-state index contributed by atoms with van der Waals surface area (Å²) in [5.41, 5.74) is 3.23. The van der Waals surface area contributed by atoms with Crippen molar-refractivity contribution in [1.82, 2.24) is 0 Å². The smallest absolute Gasteiger partial charge is 0.0487 e. The Morgan fingerprint density at radius 1 is 0.650 bits per heavy atom. The van der Waals surface area contributed by atoms with Crippen molar-refractivity contribution in [2.24, 2.45) is 0 Å². The normalized spacial score (nSPS) is 12.9. The zero-order valence-electron chi connectivity index (χ0n) is 13.9. The van der Waals surface area contributed by atoms with Crippen molar-refractivity contribution in [1.29, 1.82) is 0 Å². The van der Waals surface area contributed by atoms with Gasteiger partial charge in [-0.2, -0.15) is 0 Å². The molecule has 2 rings (SSSR count). The molecule has 108 valence electrons. The van der Waals surface area contributed by atoms with Gasteiger partial charge in [0.15, 0.2) is 0 Å². The van der Waals surface area contributed by atoms with Crippen molar-refractivity contribution < 1.29 is 0 Å². The zero-order chi connectivity index (χ0) is 15.0. The number of fused-ring (bicyclic) bond motifs is 1. The van der Waals surface area contributed by atoms with Crippen LogP contribution in [0.3, 0.4) is 0 Å². The second-order valence-corrected chi connectivity index (χ2v) is 19.4. The molecule has 0 bridgehead atoms. The van der Waals surface area contributed by atoms with Gasteiger partial charge in [-0.3, -0.25) is 0 Å². The molecule has 0 heterocycles. The highest BCUT2D eigenvalue weighted by Crippen LogP contribution is 2.26. The van der Waals surface area contributed by atoms with Crippen molar-refractivity contribution in [3.05, 3.63) is 47.5 Å². The summed E-state index contributed by atoms with van der Waals surface area (Å²) in [4.78, 5) is 0. The second kappa shape index (κ2) is 5.49. The lowest BCUT2D eigenvalue weighted by Crippen LogP contribution is -2.28. The summed E-state index contributed by atoms with van der Waals surface area (Å²) in [7, 11) is -2.15. The first kappa shape index (κ1) is 15.5. The van der Waals surface area contributed by atoms with E-state index in [1.54, 1.807) is 11.1 Å². The fraction of sp³-hybridized carbons (Fsp3) is 0.444. The highest BCUT2D eigenvalue weighted by Gasteiger charge is 2.20. The molecule has 0 aliphatic heterocycles. The van der Waals surface area contributed by atoms with Gasteiger partial charge in [-0.1, -0.05) is 75.7 Å². The molecule has 0 unspecified atom stereocenters. The Morgan fingerprint density at radius 3 is 1.30 bits per heavy atom. The van der Waals surface area contributed by atoms with E-state index in [0.717, 1.165) is 0 Å². The van der Waals surface area contributed by atoms with Crippen LogP contribution in [0.1, 0.15) is 11.1 Å². The molecule has 2 aromatic rings. The molecular weight excluding hydrogens is 272 g/mol. The number of rotatable bonds is 4. The minimum absolute atomic E-state index is 1.08. The van der Waals surface area contributed by atoms with Crippen molar-refractivity contribution in [3.63, 3.8) is 0 Å². The summed E-state index contributed by atoms with van der Waals surface area (Å²) < 4.78 is 0. The highest BCUT2D eigenvalue weighted by atomic mass is 28.3.